The predicted molar refractivity (Wildman–Crippen MR) is 93.1 cm³/mol. The van der Waals surface area contributed by atoms with Crippen LogP contribution in [0.2, 0.25) is 0 Å². The quantitative estimate of drug-likeness (QED) is 0.691. The Morgan fingerprint density at radius 2 is 1.62 bits per heavy atom. The molecule has 0 aliphatic heterocycles. The van der Waals surface area contributed by atoms with E-state index in [1.54, 1.807) is 0 Å². The third-order valence-corrected chi connectivity index (χ3v) is 4.69. The molecule has 2 heteroatoms. The van der Waals surface area contributed by atoms with Gasteiger partial charge in [0.05, 0.1) is 5.69 Å². The maximum Gasteiger partial charge on any atom is 0.112 e. The first kappa shape index (κ1) is 18.3. The summed E-state index contributed by atoms with van der Waals surface area (Å²) >= 11 is 0. The maximum absolute atomic E-state index is 5.05. The topological polar surface area (TPSA) is 28.7 Å². The van der Waals surface area contributed by atoms with E-state index >= 15 is 0 Å². The third kappa shape index (κ3) is 4.34. The van der Waals surface area contributed by atoms with Gasteiger partial charge in [0.25, 0.3) is 0 Å². The lowest BCUT2D eigenvalue weighted by Gasteiger charge is -2.26. The van der Waals surface area contributed by atoms with Gasteiger partial charge in [0, 0.05) is 22.4 Å². The predicted octanol–water partition coefficient (Wildman–Crippen LogP) is 5.93. The summed E-state index contributed by atoms with van der Waals surface area (Å²) in [5.74, 6) is 2.27. The monoisotopic (exact) mass is 292 g/mol. The minimum absolute atomic E-state index is 0.0739. The van der Waals surface area contributed by atoms with Crippen LogP contribution in [0, 0.1) is 5.92 Å². The number of imidazole rings is 1. The molecule has 0 fully saturated rings. The summed E-state index contributed by atoms with van der Waals surface area (Å²) < 4.78 is 0. The molecule has 2 nitrogen and oxygen atoms in total. The molecule has 0 bridgehead atoms. The van der Waals surface area contributed by atoms with Crippen LogP contribution in [0.15, 0.2) is 0 Å². The number of rotatable bonds is 6. The number of H-pyrrole nitrogens is 1. The van der Waals surface area contributed by atoms with Crippen LogP contribution in [-0.2, 0) is 10.8 Å². The van der Waals surface area contributed by atoms with Crippen LogP contribution in [0.4, 0.5) is 0 Å². The molecule has 1 N–H and O–H groups in total. The van der Waals surface area contributed by atoms with Crippen LogP contribution in [0.3, 0.4) is 0 Å². The van der Waals surface area contributed by atoms with Crippen molar-refractivity contribution in [1.29, 1.82) is 0 Å². The van der Waals surface area contributed by atoms with Gasteiger partial charge in [-0.15, -0.1) is 0 Å². The van der Waals surface area contributed by atoms with E-state index in [4.69, 9.17) is 4.98 Å². The SMILES string of the molecule is CCCCC(C)(C)c1nc(C(C)(C)C)[nH]c1C(C)C(C)C. The van der Waals surface area contributed by atoms with Gasteiger partial charge in [0.15, 0.2) is 0 Å². The van der Waals surface area contributed by atoms with E-state index in [2.05, 4.69) is 67.3 Å². The highest BCUT2D eigenvalue weighted by Crippen LogP contribution is 2.37. The van der Waals surface area contributed by atoms with Crippen molar-refractivity contribution < 1.29 is 0 Å². The molecule has 0 aromatic carbocycles. The van der Waals surface area contributed by atoms with E-state index in [-0.39, 0.29) is 10.8 Å². The lowest BCUT2D eigenvalue weighted by Crippen LogP contribution is -2.21. The lowest BCUT2D eigenvalue weighted by atomic mass is 9.79. The second-order valence-electron chi connectivity index (χ2n) is 8.62. The number of aromatic amines is 1. The average Bonchev–Trinajstić information content (AvgIpc) is 2.80. The summed E-state index contributed by atoms with van der Waals surface area (Å²) in [4.78, 5) is 8.73. The van der Waals surface area contributed by atoms with Crippen molar-refractivity contribution in [1.82, 2.24) is 9.97 Å². The summed E-state index contributed by atoms with van der Waals surface area (Å²) in [6.07, 6.45) is 3.71. The Labute approximate surface area is 132 Å². The van der Waals surface area contributed by atoms with E-state index in [0.29, 0.717) is 11.8 Å². The minimum Gasteiger partial charge on any atom is -0.345 e. The van der Waals surface area contributed by atoms with E-state index in [1.807, 2.05) is 0 Å². The highest BCUT2D eigenvalue weighted by molar-refractivity contribution is 5.28. The fourth-order valence-electron chi connectivity index (χ4n) is 2.66. The Balaban J connectivity index is 3.31. The van der Waals surface area contributed by atoms with Crippen LogP contribution in [0.5, 0.6) is 0 Å². The molecule has 0 saturated heterocycles. The summed E-state index contributed by atoms with van der Waals surface area (Å²) in [5, 5.41) is 0. The van der Waals surface area contributed by atoms with E-state index in [0.717, 1.165) is 5.82 Å². The van der Waals surface area contributed by atoms with Gasteiger partial charge in [-0.2, -0.15) is 0 Å². The Hall–Kier alpha value is -0.790. The number of aromatic nitrogens is 2. The fraction of sp³-hybridized carbons (Fsp3) is 0.842. The number of hydrogen-bond acceptors (Lipinski definition) is 1. The highest BCUT2D eigenvalue weighted by atomic mass is 15.0. The minimum atomic E-state index is 0.0739. The zero-order valence-electron chi connectivity index (χ0n) is 15.7. The second-order valence-corrected chi connectivity index (χ2v) is 8.62. The zero-order valence-corrected chi connectivity index (χ0v) is 15.7. The Morgan fingerprint density at radius 3 is 2.05 bits per heavy atom. The molecule has 21 heavy (non-hydrogen) atoms. The molecule has 1 aromatic rings. The van der Waals surface area contributed by atoms with Crippen LogP contribution in [-0.4, -0.2) is 9.97 Å². The standard InChI is InChI=1S/C19H36N2/c1-10-11-12-19(8,9)16-15(14(4)13(2)3)20-17(21-16)18(5,6)7/h13-14H,10-12H2,1-9H3,(H,20,21). The number of nitrogens with zero attached hydrogens (tertiary/aromatic N) is 1. The highest BCUT2D eigenvalue weighted by Gasteiger charge is 2.32. The first-order chi connectivity index (χ1) is 9.50. The zero-order chi connectivity index (χ0) is 16.4. The molecule has 1 aromatic heterocycles. The molecule has 1 rings (SSSR count). The van der Waals surface area contributed by atoms with Crippen LogP contribution >= 0.6 is 0 Å². The van der Waals surface area contributed by atoms with Gasteiger partial charge in [-0.25, -0.2) is 4.98 Å². The van der Waals surface area contributed by atoms with Crippen LogP contribution < -0.4 is 0 Å². The van der Waals surface area contributed by atoms with Crippen molar-refractivity contribution in [3.63, 3.8) is 0 Å². The fourth-order valence-corrected chi connectivity index (χ4v) is 2.66. The van der Waals surface area contributed by atoms with Crippen molar-refractivity contribution in [3.05, 3.63) is 17.2 Å². The molecule has 0 saturated carbocycles. The van der Waals surface area contributed by atoms with Gasteiger partial charge in [-0.1, -0.05) is 75.2 Å². The van der Waals surface area contributed by atoms with Crippen LogP contribution in [0.25, 0.3) is 0 Å². The average molecular weight is 293 g/mol. The van der Waals surface area contributed by atoms with E-state index in [1.165, 1.54) is 30.7 Å². The first-order valence-electron chi connectivity index (χ1n) is 8.61. The Morgan fingerprint density at radius 1 is 1.05 bits per heavy atom. The van der Waals surface area contributed by atoms with Crippen molar-refractivity contribution in [3.8, 4) is 0 Å². The maximum atomic E-state index is 5.05. The van der Waals surface area contributed by atoms with Gasteiger partial charge in [-0.3, -0.25) is 0 Å². The molecule has 0 spiro atoms. The molecule has 0 aliphatic carbocycles. The number of nitrogens with one attached hydrogen (secondary N) is 1. The van der Waals surface area contributed by atoms with E-state index < -0.39 is 0 Å². The van der Waals surface area contributed by atoms with Crippen molar-refractivity contribution in [2.24, 2.45) is 5.92 Å². The molecule has 0 aliphatic rings. The smallest absolute Gasteiger partial charge is 0.112 e. The molecule has 1 atom stereocenters. The van der Waals surface area contributed by atoms with Gasteiger partial charge in [-0.05, 0) is 12.3 Å². The normalized spacial score (nSPS) is 14.8. The van der Waals surface area contributed by atoms with E-state index in [9.17, 15) is 0 Å². The van der Waals surface area contributed by atoms with Gasteiger partial charge in [0.1, 0.15) is 5.82 Å². The number of hydrogen-bond donors (Lipinski definition) is 1. The summed E-state index contributed by atoms with van der Waals surface area (Å²) in [6.45, 7) is 20.6. The van der Waals surface area contributed by atoms with Gasteiger partial charge < -0.3 is 4.98 Å². The van der Waals surface area contributed by atoms with Crippen molar-refractivity contribution >= 4 is 0 Å². The second kappa shape index (κ2) is 6.54. The first-order valence-corrected chi connectivity index (χ1v) is 8.61. The third-order valence-electron chi connectivity index (χ3n) is 4.69. The molecule has 0 amide bonds. The molecular formula is C19H36N2. The van der Waals surface area contributed by atoms with Gasteiger partial charge in [0.2, 0.25) is 0 Å². The molecule has 1 unspecified atom stereocenters. The molecular weight excluding hydrogens is 256 g/mol. The summed E-state index contributed by atoms with van der Waals surface area (Å²) in [6, 6.07) is 0. The molecule has 122 valence electrons. The number of unbranched alkanes of at least 4 members (excludes halogenated alkanes) is 1. The Bertz CT molecular complexity index is 447. The summed E-state index contributed by atoms with van der Waals surface area (Å²) in [7, 11) is 0. The van der Waals surface area contributed by atoms with Crippen molar-refractivity contribution in [2.45, 2.75) is 98.3 Å². The Kier molecular flexibility index (Phi) is 5.69. The van der Waals surface area contributed by atoms with Gasteiger partial charge >= 0.3 is 0 Å². The molecule has 1 heterocycles. The van der Waals surface area contributed by atoms with Crippen LogP contribution in [0.1, 0.15) is 105 Å². The lowest BCUT2D eigenvalue weighted by molar-refractivity contribution is 0.429. The molecule has 0 radical (unpaired) electrons. The largest absolute Gasteiger partial charge is 0.345 e. The van der Waals surface area contributed by atoms with Crippen molar-refractivity contribution in [2.75, 3.05) is 0 Å². The summed E-state index contributed by atoms with van der Waals surface area (Å²) in [5.41, 5.74) is 2.87.